The first kappa shape index (κ1) is 23.5. The van der Waals surface area contributed by atoms with Crippen LogP contribution in [0, 0.1) is 11.7 Å². The minimum absolute atomic E-state index is 0.00511. The van der Waals surface area contributed by atoms with Gasteiger partial charge >= 0.3 is 12.1 Å². The molecule has 0 aromatic heterocycles. The minimum atomic E-state index is -0.698. The molecule has 0 bridgehead atoms. The lowest BCUT2D eigenvalue weighted by Crippen LogP contribution is -2.39. The Balaban J connectivity index is 1.95. The van der Waals surface area contributed by atoms with Crippen molar-refractivity contribution in [3.63, 3.8) is 0 Å². The highest BCUT2D eigenvalue weighted by Gasteiger charge is 2.39. The molecule has 1 aliphatic rings. The van der Waals surface area contributed by atoms with Crippen molar-refractivity contribution in [1.29, 1.82) is 0 Å². The number of fused-ring (bicyclic) bond motifs is 1. The van der Waals surface area contributed by atoms with Crippen LogP contribution in [0.5, 0.6) is 11.5 Å². The molecule has 0 radical (unpaired) electrons. The average Bonchev–Trinajstić information content (AvgIpc) is 2.73. The molecule has 9 heteroatoms. The van der Waals surface area contributed by atoms with Gasteiger partial charge in [0, 0.05) is 44.7 Å². The van der Waals surface area contributed by atoms with Crippen LogP contribution in [-0.2, 0) is 11.2 Å². The Bertz CT molecular complexity index is 999. The second kappa shape index (κ2) is 9.95. The summed E-state index contributed by atoms with van der Waals surface area (Å²) in [6, 6.07) is 9.48. The summed E-state index contributed by atoms with van der Waals surface area (Å²) in [5.41, 5.74) is 6.70. The molecule has 1 aliphatic heterocycles. The Morgan fingerprint density at radius 2 is 1.94 bits per heavy atom. The van der Waals surface area contributed by atoms with Crippen molar-refractivity contribution in [2.24, 2.45) is 5.92 Å². The molecule has 1 amide bonds. The van der Waals surface area contributed by atoms with Crippen molar-refractivity contribution in [2.75, 3.05) is 46.6 Å². The smallest absolute Gasteiger partial charge is 0.414 e. The topological polar surface area (TPSA) is 85.1 Å². The SMILES string of the molecule is CN(CCF)CC1c2ccc(OC(=O)N(C)C)cc2OC(=O)C1Cc1cccc(N)c1F. The Morgan fingerprint density at radius 3 is 2.62 bits per heavy atom. The van der Waals surface area contributed by atoms with Crippen molar-refractivity contribution in [2.45, 2.75) is 12.3 Å². The van der Waals surface area contributed by atoms with Crippen LogP contribution in [0.4, 0.5) is 19.3 Å². The molecule has 2 atom stereocenters. The number of anilines is 1. The molecule has 2 aromatic rings. The number of nitrogens with zero attached hydrogens (tertiary/aromatic N) is 2. The standard InChI is InChI=1S/C23H27F2N3O4/c1-27(2)23(30)31-15-7-8-16-18(13-28(3)10-9-24)17(22(29)32-20(16)12-15)11-14-5-4-6-19(26)21(14)25/h4-8,12,17-18H,9-11,13,26H2,1-3H3. The third-order valence-corrected chi connectivity index (χ3v) is 5.48. The van der Waals surface area contributed by atoms with Crippen molar-refractivity contribution in [3.8, 4) is 11.5 Å². The van der Waals surface area contributed by atoms with Crippen molar-refractivity contribution < 1.29 is 27.8 Å². The zero-order chi connectivity index (χ0) is 23.4. The monoisotopic (exact) mass is 447 g/mol. The number of esters is 1. The maximum absolute atomic E-state index is 14.5. The van der Waals surface area contributed by atoms with E-state index in [1.165, 1.54) is 17.0 Å². The van der Waals surface area contributed by atoms with E-state index in [1.807, 2.05) is 0 Å². The third-order valence-electron chi connectivity index (χ3n) is 5.48. The predicted molar refractivity (Wildman–Crippen MR) is 116 cm³/mol. The highest BCUT2D eigenvalue weighted by atomic mass is 19.1. The summed E-state index contributed by atoms with van der Waals surface area (Å²) in [7, 11) is 4.86. The first-order valence-electron chi connectivity index (χ1n) is 10.2. The fraction of sp³-hybridized carbons (Fsp3) is 0.391. The summed E-state index contributed by atoms with van der Waals surface area (Å²) < 4.78 is 38.2. The Morgan fingerprint density at radius 1 is 1.19 bits per heavy atom. The van der Waals surface area contributed by atoms with Gasteiger partial charge in [-0.3, -0.25) is 4.79 Å². The molecule has 0 fully saturated rings. The van der Waals surface area contributed by atoms with Gasteiger partial charge in [0.15, 0.2) is 0 Å². The highest BCUT2D eigenvalue weighted by molar-refractivity contribution is 5.80. The lowest BCUT2D eigenvalue weighted by atomic mass is 9.79. The van der Waals surface area contributed by atoms with E-state index in [9.17, 15) is 18.4 Å². The lowest BCUT2D eigenvalue weighted by molar-refractivity contribution is -0.141. The van der Waals surface area contributed by atoms with Crippen molar-refractivity contribution >= 4 is 17.7 Å². The van der Waals surface area contributed by atoms with Crippen LogP contribution in [0.25, 0.3) is 0 Å². The molecular weight excluding hydrogens is 420 g/mol. The maximum atomic E-state index is 14.5. The number of nitrogen functional groups attached to an aromatic ring is 1. The zero-order valence-corrected chi connectivity index (χ0v) is 18.3. The van der Waals surface area contributed by atoms with Gasteiger partial charge in [0.2, 0.25) is 0 Å². The molecule has 32 heavy (non-hydrogen) atoms. The van der Waals surface area contributed by atoms with Gasteiger partial charge in [-0.1, -0.05) is 18.2 Å². The fourth-order valence-corrected chi connectivity index (χ4v) is 3.75. The minimum Gasteiger partial charge on any atom is -0.426 e. The highest BCUT2D eigenvalue weighted by Crippen LogP contribution is 2.42. The lowest BCUT2D eigenvalue weighted by Gasteiger charge is -2.34. The number of halogens is 2. The summed E-state index contributed by atoms with van der Waals surface area (Å²) in [4.78, 5) is 27.9. The van der Waals surface area contributed by atoms with Gasteiger partial charge in [0.1, 0.15) is 24.0 Å². The maximum Gasteiger partial charge on any atom is 0.414 e. The van der Waals surface area contributed by atoms with Gasteiger partial charge in [-0.15, -0.1) is 0 Å². The van der Waals surface area contributed by atoms with Gasteiger partial charge in [-0.2, -0.15) is 0 Å². The summed E-state index contributed by atoms with van der Waals surface area (Å²) in [5, 5.41) is 0. The van der Waals surface area contributed by atoms with E-state index in [2.05, 4.69) is 0 Å². The van der Waals surface area contributed by atoms with Crippen LogP contribution in [0.15, 0.2) is 36.4 Å². The number of amides is 1. The molecule has 2 aromatic carbocycles. The van der Waals surface area contributed by atoms with Gasteiger partial charge in [0.25, 0.3) is 0 Å². The van der Waals surface area contributed by atoms with E-state index < -0.39 is 30.5 Å². The van der Waals surface area contributed by atoms with E-state index in [4.69, 9.17) is 15.2 Å². The second-order valence-corrected chi connectivity index (χ2v) is 8.07. The summed E-state index contributed by atoms with van der Waals surface area (Å²) in [6.45, 7) is 0.0185. The van der Waals surface area contributed by atoms with Crippen LogP contribution in [0.1, 0.15) is 17.0 Å². The van der Waals surface area contributed by atoms with Gasteiger partial charge in [0.05, 0.1) is 11.6 Å². The van der Waals surface area contributed by atoms with E-state index in [1.54, 1.807) is 50.3 Å². The van der Waals surface area contributed by atoms with E-state index >= 15 is 0 Å². The van der Waals surface area contributed by atoms with Crippen LogP contribution in [0.3, 0.4) is 0 Å². The molecule has 0 saturated carbocycles. The molecule has 0 saturated heterocycles. The Kier molecular flexibility index (Phi) is 7.29. The van der Waals surface area contributed by atoms with Crippen molar-refractivity contribution in [3.05, 3.63) is 53.3 Å². The normalized spacial score (nSPS) is 17.6. The molecule has 7 nitrogen and oxygen atoms in total. The van der Waals surface area contributed by atoms with E-state index in [-0.39, 0.29) is 36.1 Å². The number of hydrogen-bond acceptors (Lipinski definition) is 6. The fourth-order valence-electron chi connectivity index (χ4n) is 3.75. The molecule has 1 heterocycles. The van der Waals surface area contributed by atoms with Crippen LogP contribution >= 0.6 is 0 Å². The first-order valence-corrected chi connectivity index (χ1v) is 10.2. The predicted octanol–water partition coefficient (Wildman–Crippen LogP) is 3.23. The molecule has 0 aliphatic carbocycles. The number of rotatable bonds is 7. The van der Waals surface area contributed by atoms with Crippen LogP contribution in [-0.4, -0.2) is 62.8 Å². The van der Waals surface area contributed by atoms with E-state index in [0.717, 1.165) is 0 Å². The van der Waals surface area contributed by atoms with Gasteiger partial charge in [-0.25, -0.2) is 13.6 Å². The second-order valence-electron chi connectivity index (χ2n) is 8.07. The Labute approximate surface area is 185 Å². The van der Waals surface area contributed by atoms with Crippen LogP contribution < -0.4 is 15.2 Å². The number of carbonyl (C=O) groups excluding carboxylic acids is 2. The quantitative estimate of drug-likeness (QED) is 0.399. The number of alkyl halides is 1. The molecule has 2 unspecified atom stereocenters. The number of carbonyl (C=O) groups is 2. The number of hydrogen-bond donors (Lipinski definition) is 1. The molecular formula is C23H27F2N3O4. The molecule has 2 N–H and O–H groups in total. The van der Waals surface area contributed by atoms with Crippen molar-refractivity contribution in [1.82, 2.24) is 9.80 Å². The van der Waals surface area contributed by atoms with Crippen LogP contribution in [0.2, 0.25) is 0 Å². The molecule has 0 spiro atoms. The van der Waals surface area contributed by atoms with Gasteiger partial charge < -0.3 is 25.0 Å². The zero-order valence-electron chi connectivity index (χ0n) is 18.3. The molecule has 3 rings (SSSR count). The largest absolute Gasteiger partial charge is 0.426 e. The van der Waals surface area contributed by atoms with E-state index in [0.29, 0.717) is 17.7 Å². The third kappa shape index (κ3) is 5.16. The summed E-state index contributed by atoms with van der Waals surface area (Å²) in [6.07, 6.45) is -0.484. The number of nitrogens with two attached hydrogens (primary N) is 1. The number of ether oxygens (including phenoxy) is 2. The first-order chi connectivity index (χ1) is 15.2. The van der Waals surface area contributed by atoms with Gasteiger partial charge in [-0.05, 0) is 31.2 Å². The average molecular weight is 447 g/mol. The summed E-state index contributed by atoms with van der Waals surface area (Å²) >= 11 is 0. The molecule has 172 valence electrons. The number of benzene rings is 2. The summed E-state index contributed by atoms with van der Waals surface area (Å²) in [5.74, 6) is -1.69. The number of likely N-dealkylation sites (N-methyl/N-ethyl adjacent to an activating group) is 1. The Hall–Kier alpha value is -3.20.